The lowest BCUT2D eigenvalue weighted by atomic mass is 9.98. The Morgan fingerprint density at radius 2 is 1.87 bits per heavy atom. The minimum Gasteiger partial charge on any atom is -0.385 e. The molecule has 2 N–H and O–H groups in total. The highest BCUT2D eigenvalue weighted by molar-refractivity contribution is 7.89. The molecule has 2 aliphatic heterocycles. The van der Waals surface area contributed by atoms with E-state index in [4.69, 9.17) is 0 Å². The average Bonchev–Trinajstić information content (AvgIpc) is 3.28. The number of pyridine rings is 1. The Bertz CT molecular complexity index is 1260. The minimum absolute atomic E-state index is 0.0167. The maximum Gasteiger partial charge on any atom is 0.433 e. The number of sulfonamides is 1. The van der Waals surface area contributed by atoms with Gasteiger partial charge in [-0.05, 0) is 23.8 Å². The summed E-state index contributed by atoms with van der Waals surface area (Å²) < 4.78 is 80.8. The number of benzene rings is 1. The molecule has 0 amide bonds. The largest absolute Gasteiger partial charge is 0.433 e. The third-order valence-corrected chi connectivity index (χ3v) is 7.23. The van der Waals surface area contributed by atoms with Crippen LogP contribution in [0.5, 0.6) is 0 Å². The summed E-state index contributed by atoms with van der Waals surface area (Å²) in [6.07, 6.45) is -4.23. The number of hydrogen-bond donors (Lipinski definition) is 2. The van der Waals surface area contributed by atoms with Crippen LogP contribution >= 0.6 is 0 Å². The lowest BCUT2D eigenvalue weighted by Crippen LogP contribution is -2.40. The summed E-state index contributed by atoms with van der Waals surface area (Å²) in [5, 5.41) is 17.3. The van der Waals surface area contributed by atoms with Crippen LogP contribution in [0.3, 0.4) is 0 Å². The normalized spacial score (nSPS) is 23.3. The van der Waals surface area contributed by atoms with Crippen molar-refractivity contribution in [1.82, 2.24) is 19.5 Å². The first-order chi connectivity index (χ1) is 14.1. The van der Waals surface area contributed by atoms with Crippen LogP contribution in [0.25, 0.3) is 0 Å². The molecule has 2 unspecified atom stereocenters. The number of aromatic nitrogens is 3. The van der Waals surface area contributed by atoms with E-state index in [1.807, 2.05) is 0 Å². The third kappa shape index (κ3) is 2.47. The van der Waals surface area contributed by atoms with Crippen LogP contribution in [0.1, 0.15) is 46.3 Å². The van der Waals surface area contributed by atoms with E-state index in [-0.39, 0.29) is 11.3 Å². The van der Waals surface area contributed by atoms with Crippen LogP contribution in [0.4, 0.5) is 17.6 Å². The van der Waals surface area contributed by atoms with Crippen molar-refractivity contribution in [3.05, 3.63) is 76.6 Å². The number of hydrogen-bond acceptors (Lipinski definition) is 5. The van der Waals surface area contributed by atoms with Gasteiger partial charge >= 0.3 is 6.18 Å². The topological polar surface area (TPSA) is 99.2 Å². The molecule has 0 saturated carbocycles. The summed E-state index contributed by atoms with van der Waals surface area (Å²) in [6.45, 7) is 0. The number of nitrogens with one attached hydrogen (secondary N) is 1. The Hall–Kier alpha value is -2.83. The number of aromatic amines is 1. The molecule has 4 heterocycles. The van der Waals surface area contributed by atoms with Gasteiger partial charge in [0.1, 0.15) is 22.5 Å². The van der Waals surface area contributed by atoms with E-state index in [1.54, 1.807) is 6.07 Å². The van der Waals surface area contributed by atoms with Crippen molar-refractivity contribution in [2.75, 3.05) is 0 Å². The van der Waals surface area contributed by atoms with Crippen LogP contribution in [0.2, 0.25) is 0 Å². The molecule has 12 heteroatoms. The number of halogens is 4. The van der Waals surface area contributed by atoms with Crippen LogP contribution in [-0.4, -0.2) is 33.0 Å². The predicted molar refractivity (Wildman–Crippen MR) is 92.8 cm³/mol. The summed E-state index contributed by atoms with van der Waals surface area (Å²) in [6, 6.07) is 3.17. The highest BCUT2D eigenvalue weighted by atomic mass is 32.2. The van der Waals surface area contributed by atoms with E-state index in [2.05, 4.69) is 15.2 Å². The zero-order chi connectivity index (χ0) is 21.4. The van der Waals surface area contributed by atoms with Crippen molar-refractivity contribution in [3.8, 4) is 0 Å². The summed E-state index contributed by atoms with van der Waals surface area (Å²) in [5.74, 6) is -0.692. The molecular weight excluding hydrogens is 428 g/mol. The van der Waals surface area contributed by atoms with Gasteiger partial charge in [-0.15, -0.1) is 0 Å². The van der Waals surface area contributed by atoms with Gasteiger partial charge in [-0.2, -0.15) is 22.6 Å². The van der Waals surface area contributed by atoms with Gasteiger partial charge in [0.2, 0.25) is 10.0 Å². The number of aliphatic hydroxyl groups excluding tert-OH is 1. The number of aliphatic hydroxyl groups is 1. The number of nitrogens with zero attached hydrogens (tertiary/aromatic N) is 3. The molecule has 5 rings (SSSR count). The van der Waals surface area contributed by atoms with Crippen molar-refractivity contribution >= 4 is 10.0 Å². The summed E-state index contributed by atoms with van der Waals surface area (Å²) in [7, 11) is -4.46. The molecule has 3 atom stereocenters. The average molecular weight is 440 g/mol. The van der Waals surface area contributed by atoms with Gasteiger partial charge in [0.25, 0.3) is 0 Å². The highest BCUT2D eigenvalue weighted by Crippen LogP contribution is 2.58. The lowest BCUT2D eigenvalue weighted by Gasteiger charge is -2.36. The molecule has 2 aromatic heterocycles. The summed E-state index contributed by atoms with van der Waals surface area (Å²) in [4.78, 5) is 2.71. The fourth-order valence-corrected chi connectivity index (χ4v) is 5.85. The quantitative estimate of drug-likeness (QED) is 0.597. The Labute approximate surface area is 167 Å². The molecule has 3 aromatic rings. The fourth-order valence-electron chi connectivity index (χ4n) is 4.16. The number of rotatable bonds is 2. The molecule has 7 nitrogen and oxygen atoms in total. The lowest BCUT2D eigenvalue weighted by molar-refractivity contribution is -0.141. The van der Waals surface area contributed by atoms with E-state index in [0.29, 0.717) is 23.4 Å². The standard InChI is InChI=1S/C18H12F4N4O3S/c19-11-3-1-2-9-13(11)16-17(27)14-10(7-24-25-14)15(9)26(16)30(28,29)8-4-5-12(23-6-8)18(20,21)22/h1-7,15-17,27H,(H,24,25)/t15?,16?,17-/m1/s1. The molecule has 2 bridgehead atoms. The first-order valence-electron chi connectivity index (χ1n) is 8.68. The molecule has 1 aromatic carbocycles. The molecule has 30 heavy (non-hydrogen) atoms. The van der Waals surface area contributed by atoms with Crippen molar-refractivity contribution < 1.29 is 31.1 Å². The second-order valence-corrected chi connectivity index (χ2v) is 8.83. The number of fused-ring (bicyclic) bond motifs is 7. The van der Waals surface area contributed by atoms with Gasteiger partial charge in [-0.1, -0.05) is 12.1 Å². The Kier molecular flexibility index (Phi) is 3.89. The minimum atomic E-state index is -4.73. The summed E-state index contributed by atoms with van der Waals surface area (Å²) in [5.41, 5.74) is -0.288. The van der Waals surface area contributed by atoms with Gasteiger partial charge in [-0.3, -0.25) is 10.1 Å². The Balaban J connectivity index is 1.69. The van der Waals surface area contributed by atoms with Gasteiger partial charge in [0, 0.05) is 17.3 Å². The first kappa shape index (κ1) is 19.2. The van der Waals surface area contributed by atoms with Gasteiger partial charge in [0.15, 0.2) is 0 Å². The number of H-pyrrole nitrogens is 1. The smallest absolute Gasteiger partial charge is 0.385 e. The predicted octanol–water partition coefficient (Wildman–Crippen LogP) is 2.84. The SMILES string of the molecule is O=S(=O)(c1ccc(C(F)(F)F)nc1)N1C2c3cn[nH]c3[C@@H](O)C1c1c(F)cccc12. The second kappa shape index (κ2) is 6.09. The van der Waals surface area contributed by atoms with Gasteiger partial charge in [0.05, 0.1) is 24.0 Å². The van der Waals surface area contributed by atoms with Crippen LogP contribution in [0.15, 0.2) is 47.6 Å². The summed E-state index contributed by atoms with van der Waals surface area (Å²) >= 11 is 0. The van der Waals surface area contributed by atoms with E-state index >= 15 is 0 Å². The van der Waals surface area contributed by atoms with Crippen LogP contribution in [0, 0.1) is 5.82 Å². The first-order valence-corrected chi connectivity index (χ1v) is 10.1. The maximum atomic E-state index is 14.7. The van der Waals surface area contributed by atoms with E-state index < -0.39 is 50.8 Å². The zero-order valence-electron chi connectivity index (χ0n) is 14.8. The molecule has 156 valence electrons. The van der Waals surface area contributed by atoms with Crippen LogP contribution in [-0.2, 0) is 16.2 Å². The maximum absolute atomic E-state index is 14.7. The molecule has 0 radical (unpaired) electrons. The Morgan fingerprint density at radius 1 is 1.10 bits per heavy atom. The zero-order valence-corrected chi connectivity index (χ0v) is 15.6. The van der Waals surface area contributed by atoms with E-state index in [1.165, 1.54) is 12.3 Å². The third-order valence-electron chi connectivity index (χ3n) is 5.40. The van der Waals surface area contributed by atoms with E-state index in [0.717, 1.165) is 16.4 Å². The molecule has 0 aliphatic carbocycles. The fraction of sp³-hybridized carbons (Fsp3) is 0.222. The molecule has 2 aliphatic rings. The molecular formula is C18H12F4N4O3S. The molecule has 0 spiro atoms. The van der Waals surface area contributed by atoms with Crippen molar-refractivity contribution in [1.29, 1.82) is 0 Å². The molecule has 0 fully saturated rings. The van der Waals surface area contributed by atoms with Gasteiger partial charge in [-0.25, -0.2) is 12.8 Å². The molecule has 0 saturated heterocycles. The second-order valence-electron chi connectivity index (χ2n) is 6.99. The number of alkyl halides is 3. The monoisotopic (exact) mass is 440 g/mol. The van der Waals surface area contributed by atoms with Crippen molar-refractivity contribution in [2.45, 2.75) is 29.3 Å². The van der Waals surface area contributed by atoms with E-state index in [9.17, 15) is 31.1 Å². The van der Waals surface area contributed by atoms with Crippen molar-refractivity contribution in [3.63, 3.8) is 0 Å². The van der Waals surface area contributed by atoms with Gasteiger partial charge < -0.3 is 5.11 Å². The van der Waals surface area contributed by atoms with Crippen LogP contribution < -0.4 is 0 Å². The van der Waals surface area contributed by atoms with Crippen molar-refractivity contribution in [2.24, 2.45) is 0 Å². The highest BCUT2D eigenvalue weighted by Gasteiger charge is 2.56. The Morgan fingerprint density at radius 3 is 2.53 bits per heavy atom.